The van der Waals surface area contributed by atoms with Crippen LogP contribution in [0, 0.1) is 0 Å². The zero-order valence-corrected chi connectivity index (χ0v) is 63.2. The van der Waals surface area contributed by atoms with Gasteiger partial charge in [0.05, 0.1) is 0 Å². The van der Waals surface area contributed by atoms with Gasteiger partial charge < -0.3 is 48.2 Å². The first-order valence-electron chi connectivity index (χ1n) is 34.1. The van der Waals surface area contributed by atoms with Crippen molar-refractivity contribution in [3.05, 3.63) is 48.6 Å². The Morgan fingerprint density at radius 2 is 0.545 bits per heavy atom. The van der Waals surface area contributed by atoms with Crippen LogP contribution < -0.4 is 0 Å². The van der Waals surface area contributed by atoms with Gasteiger partial charge in [0.2, 0.25) is 18.3 Å². The summed E-state index contributed by atoms with van der Waals surface area (Å²) < 4.78 is 365. The van der Waals surface area contributed by atoms with Crippen molar-refractivity contribution in [3.8, 4) is 0 Å². The summed E-state index contributed by atoms with van der Waals surface area (Å²) in [6, 6.07) is 0. The van der Waals surface area contributed by atoms with E-state index in [1.807, 2.05) is 0 Å². The number of carbonyl (C=O) groups is 4. The minimum Gasteiger partial charge on any atom is -0.449 e. The maximum atomic E-state index is 15.1. The third-order valence-corrected chi connectivity index (χ3v) is 19.9. The molecule has 5 fully saturated rings. The molecule has 648 valence electrons. The highest BCUT2D eigenvalue weighted by Crippen LogP contribution is 2.55. The number of hydrogen-bond donors (Lipinski definition) is 4. The Morgan fingerprint density at radius 3 is 0.791 bits per heavy atom. The average molecular weight is 1690 g/mol. The fourth-order valence-corrected chi connectivity index (χ4v) is 14.9. The number of halogens is 25. The molecule has 0 radical (unpaired) electrons. The maximum Gasteiger partial charge on any atom is 0.431 e. The fraction of sp³-hybridized carbons (Fsp3) is 0.826. The van der Waals surface area contributed by atoms with Gasteiger partial charge in [0.25, 0.3) is 12.2 Å². The van der Waals surface area contributed by atoms with Crippen molar-refractivity contribution in [1.29, 1.82) is 0 Å². The SMILES string of the molecule is C.C.C=C(C)C(=O)OC(C(F)(F)F)C(F)(F)C1(O)CCCCC1.C=C(C)C(=O)OC(C(F)(F)F)C(F)(F)C1(O[Si](C)(C)C)CCCCC1.C=C(C)C(=O)OC1(C(F)(F)C(O)C(F)(F)F)CCCCC1.C=C(C)C(=O)OC1(C(F)(F)C(O[Si](C)(C)C)C(F)(F)F)CCCCC1.OC(C(F)(F)F)C(F)(F)C1(O)CCCCC1. The second-order valence-corrected chi connectivity index (χ2v) is 38.7. The molecule has 0 amide bonds. The van der Waals surface area contributed by atoms with E-state index >= 15 is 17.6 Å². The third-order valence-electron chi connectivity index (χ3n) is 18.0. The van der Waals surface area contributed by atoms with E-state index in [9.17, 15) is 122 Å². The van der Waals surface area contributed by atoms with Gasteiger partial charge in [0, 0.05) is 22.3 Å². The molecule has 0 aliphatic heterocycles. The van der Waals surface area contributed by atoms with E-state index in [0.29, 0.717) is 44.9 Å². The summed E-state index contributed by atoms with van der Waals surface area (Å²) in [6.45, 7) is 26.5. The van der Waals surface area contributed by atoms with E-state index in [2.05, 4.69) is 40.5 Å². The highest BCUT2D eigenvalue weighted by Gasteiger charge is 2.73. The lowest BCUT2D eigenvalue weighted by molar-refractivity contribution is -0.320. The molecule has 0 bridgehead atoms. The van der Waals surface area contributed by atoms with Gasteiger partial charge in [-0.15, -0.1) is 0 Å². The monoisotopic (exact) mass is 1690 g/mol. The molecular weight excluding hydrogens is 1580 g/mol. The molecule has 5 saturated carbocycles. The van der Waals surface area contributed by atoms with Crippen LogP contribution in [0.15, 0.2) is 48.6 Å². The summed E-state index contributed by atoms with van der Waals surface area (Å²) in [4.78, 5) is 46.1. The van der Waals surface area contributed by atoms with Crippen LogP contribution >= 0.6 is 0 Å². The Morgan fingerprint density at radius 1 is 0.318 bits per heavy atom. The van der Waals surface area contributed by atoms with Gasteiger partial charge >= 0.3 is 84.4 Å². The Labute approximate surface area is 625 Å². The molecule has 5 aliphatic rings. The van der Waals surface area contributed by atoms with Crippen LogP contribution in [0.5, 0.6) is 0 Å². The smallest absolute Gasteiger partial charge is 0.431 e. The first-order valence-corrected chi connectivity index (χ1v) is 41.0. The minimum absolute atomic E-state index is 0. The number of alkyl halides is 25. The molecule has 0 aromatic heterocycles. The van der Waals surface area contributed by atoms with E-state index < -0.39 is 204 Å². The number of aliphatic hydroxyl groups is 4. The quantitative estimate of drug-likeness (QED) is 0.0262. The first-order chi connectivity index (χ1) is 48.2. The van der Waals surface area contributed by atoms with Gasteiger partial charge in [-0.3, -0.25) is 0 Å². The molecule has 0 spiro atoms. The van der Waals surface area contributed by atoms with Crippen LogP contribution in [0.4, 0.5) is 110 Å². The molecule has 110 heavy (non-hydrogen) atoms. The molecular formula is C69H105F25O14Si2. The van der Waals surface area contributed by atoms with Gasteiger partial charge in [0.15, 0.2) is 27.8 Å². The Kier molecular flexibility index (Phi) is 38.8. The lowest BCUT2D eigenvalue weighted by Gasteiger charge is -2.48. The van der Waals surface area contributed by atoms with Crippen molar-refractivity contribution >= 4 is 40.5 Å². The van der Waals surface area contributed by atoms with Crippen LogP contribution in [-0.2, 0) is 47.0 Å². The van der Waals surface area contributed by atoms with Gasteiger partial charge in [-0.25, -0.2) is 28.0 Å². The van der Waals surface area contributed by atoms with Gasteiger partial charge in [0.1, 0.15) is 16.8 Å². The predicted octanol–water partition coefficient (Wildman–Crippen LogP) is 20.7. The molecule has 41 heteroatoms. The second kappa shape index (κ2) is 39.8. The summed E-state index contributed by atoms with van der Waals surface area (Å²) in [5.41, 5.74) is -14.2. The highest BCUT2D eigenvalue weighted by atomic mass is 28.4. The van der Waals surface area contributed by atoms with Crippen LogP contribution in [0.3, 0.4) is 0 Å². The second-order valence-electron chi connectivity index (χ2n) is 29.8. The number of rotatable bonds is 22. The molecule has 5 unspecified atom stereocenters. The molecule has 0 saturated heterocycles. The number of hydrogen-bond acceptors (Lipinski definition) is 14. The van der Waals surface area contributed by atoms with E-state index in [0.717, 1.165) is 13.8 Å². The van der Waals surface area contributed by atoms with Crippen molar-refractivity contribution in [1.82, 2.24) is 0 Å². The normalized spacial score (nSPS) is 20.5. The summed E-state index contributed by atoms with van der Waals surface area (Å²) in [7, 11) is -5.56. The topological polar surface area (TPSA) is 205 Å². The zero-order chi connectivity index (χ0) is 84.9. The molecule has 0 heterocycles. The van der Waals surface area contributed by atoms with E-state index in [1.165, 1.54) is 33.5 Å². The number of esters is 4. The summed E-state index contributed by atoms with van der Waals surface area (Å²) >= 11 is 0. The molecule has 4 N–H and O–H groups in total. The van der Waals surface area contributed by atoms with Crippen molar-refractivity contribution in [2.45, 2.75) is 361 Å². The third kappa shape index (κ3) is 28.3. The largest absolute Gasteiger partial charge is 0.449 e. The first kappa shape index (κ1) is 107. The van der Waals surface area contributed by atoms with Crippen LogP contribution in [0.25, 0.3) is 0 Å². The highest BCUT2D eigenvalue weighted by molar-refractivity contribution is 6.70. The summed E-state index contributed by atoms with van der Waals surface area (Å²) in [5, 5.41) is 37.0. The van der Waals surface area contributed by atoms with Crippen LogP contribution in [-0.4, -0.2) is 180 Å². The van der Waals surface area contributed by atoms with Crippen LogP contribution in [0.2, 0.25) is 39.3 Å². The van der Waals surface area contributed by atoms with E-state index in [1.54, 1.807) is 19.6 Å². The lowest BCUT2D eigenvalue weighted by atomic mass is 9.77. The van der Waals surface area contributed by atoms with Crippen molar-refractivity contribution in [2.24, 2.45) is 0 Å². The average Bonchev–Trinajstić information content (AvgIpc) is 0.763. The summed E-state index contributed by atoms with van der Waals surface area (Å²) in [5.74, 6) is -28.0. The van der Waals surface area contributed by atoms with Gasteiger partial charge in [-0.1, -0.05) is 112 Å². The van der Waals surface area contributed by atoms with Gasteiger partial charge in [-0.05, 0) is 157 Å². The van der Waals surface area contributed by atoms with Crippen molar-refractivity contribution in [3.63, 3.8) is 0 Å². The van der Waals surface area contributed by atoms with E-state index in [4.69, 9.17) is 23.8 Å². The predicted molar refractivity (Wildman–Crippen MR) is 358 cm³/mol. The molecule has 5 rings (SSSR count). The molecule has 14 nitrogen and oxygen atoms in total. The lowest BCUT2D eigenvalue weighted by Crippen LogP contribution is -2.65. The van der Waals surface area contributed by atoms with Gasteiger partial charge in [-0.2, -0.15) is 101 Å². The molecule has 5 aliphatic carbocycles. The molecule has 0 aromatic carbocycles. The Balaban J connectivity index is 0. The standard InChI is InChI=1S/2C16H25F5O3Si.2C13H17F5O3.C9H13F5O2.2CH4/c1-11(2)12(22)23-14(9-7-6-8-10-14)15(17,18)13(16(19,20)21)24-25(3,4)5;1-11(2)12(22)23-13(16(19,20)21)15(17,18)14(24-25(3,4)5)9-7-6-8-10-14;1-8(2)9(19)21-10(13(16,17)18)12(14,15)11(20)6-4-3-5-7-11;1-8(2)9(19)21-11(6-4-3-5-7-11)12(14,15)10(20)13(16,17)18;10-8(11,6(15)9(12,13)14)7(16)4-2-1-3-5-7;;/h2*13H,1,6-10H2,2-5H3;2*10,20H,1,3-7H2,2H3;6,15-16H,1-5H2;2*1H4. The number of aliphatic hydroxyl groups excluding tert-OH is 2. The van der Waals surface area contributed by atoms with E-state index in [-0.39, 0.29) is 109 Å². The van der Waals surface area contributed by atoms with Crippen molar-refractivity contribution in [2.75, 3.05) is 0 Å². The fourth-order valence-electron chi connectivity index (χ4n) is 12.4. The Bertz CT molecular complexity index is 2980. The van der Waals surface area contributed by atoms with Crippen LogP contribution in [0.1, 0.15) is 203 Å². The summed E-state index contributed by atoms with van der Waals surface area (Å²) in [6.07, 6.45) is -43.9. The minimum atomic E-state index is -5.51. The van der Waals surface area contributed by atoms with Crippen molar-refractivity contribution < 1.29 is 177 Å². The molecule has 5 atom stereocenters. The zero-order valence-electron chi connectivity index (χ0n) is 61.2. The number of ether oxygens (including phenoxy) is 4. The molecule has 0 aromatic rings. The Hall–Kier alpha value is -4.72. The number of carbonyl (C=O) groups excluding carboxylic acids is 4. The maximum absolute atomic E-state index is 15.1.